The van der Waals surface area contributed by atoms with E-state index in [0.29, 0.717) is 41.2 Å². The SMILES string of the molecule is CNNC(=O)[C@@]1(Cc2ccccc2N=[N+]=[N-])N=C(c2ccc(OCCCO)cc2)O[C@H]1c1ccccc1N=[N+]=[N-]. The second-order valence-corrected chi connectivity index (χ2v) is 8.74. The molecule has 40 heavy (non-hydrogen) atoms. The fourth-order valence-corrected chi connectivity index (χ4v) is 4.43. The van der Waals surface area contributed by atoms with Gasteiger partial charge >= 0.3 is 0 Å². The molecule has 0 saturated heterocycles. The molecule has 0 aliphatic carbocycles. The van der Waals surface area contributed by atoms with Crippen LogP contribution in [0.4, 0.5) is 11.4 Å². The Morgan fingerprint density at radius 2 is 1.73 bits per heavy atom. The Hall–Kier alpha value is -5.06. The van der Waals surface area contributed by atoms with Gasteiger partial charge in [0.15, 0.2) is 11.6 Å². The Labute approximate surface area is 229 Å². The third-order valence-corrected chi connectivity index (χ3v) is 6.24. The average Bonchev–Trinajstić information content (AvgIpc) is 3.36. The van der Waals surface area contributed by atoms with E-state index in [1.165, 1.54) is 0 Å². The van der Waals surface area contributed by atoms with E-state index >= 15 is 0 Å². The highest BCUT2D eigenvalue weighted by Crippen LogP contribution is 2.46. The minimum atomic E-state index is -1.60. The molecule has 13 heteroatoms. The molecule has 4 rings (SSSR count). The third-order valence-electron chi connectivity index (χ3n) is 6.24. The molecule has 3 aromatic rings. The van der Waals surface area contributed by atoms with Crippen LogP contribution in [0, 0.1) is 0 Å². The van der Waals surface area contributed by atoms with E-state index in [2.05, 4.69) is 30.9 Å². The average molecular weight is 542 g/mol. The van der Waals surface area contributed by atoms with Crippen LogP contribution in [-0.4, -0.2) is 42.7 Å². The third kappa shape index (κ3) is 5.98. The lowest BCUT2D eigenvalue weighted by Gasteiger charge is -2.31. The quantitative estimate of drug-likeness (QED) is 0.0945. The van der Waals surface area contributed by atoms with Gasteiger partial charge in [-0.25, -0.2) is 10.4 Å². The number of ether oxygens (including phenoxy) is 2. The lowest BCUT2D eigenvalue weighted by Crippen LogP contribution is -2.53. The molecule has 1 amide bonds. The predicted molar refractivity (Wildman–Crippen MR) is 148 cm³/mol. The molecule has 1 heterocycles. The first kappa shape index (κ1) is 28.0. The summed E-state index contributed by atoms with van der Waals surface area (Å²) in [6, 6.07) is 20.7. The lowest BCUT2D eigenvalue weighted by molar-refractivity contribution is -0.129. The molecule has 13 nitrogen and oxygen atoms in total. The molecule has 2 atom stereocenters. The maximum absolute atomic E-state index is 13.9. The number of aliphatic imine (C=N–C) groups is 1. The second-order valence-electron chi connectivity index (χ2n) is 8.74. The summed E-state index contributed by atoms with van der Waals surface area (Å²) in [7, 11) is 1.55. The zero-order valence-corrected chi connectivity index (χ0v) is 21.6. The van der Waals surface area contributed by atoms with Crippen LogP contribution < -0.4 is 15.6 Å². The Morgan fingerprint density at radius 1 is 1.05 bits per heavy atom. The van der Waals surface area contributed by atoms with Gasteiger partial charge in [-0.05, 0) is 40.9 Å². The predicted octanol–water partition coefficient (Wildman–Crippen LogP) is 5.08. The van der Waals surface area contributed by atoms with Crippen molar-refractivity contribution in [3.05, 3.63) is 110 Å². The number of hydrogen-bond acceptors (Lipinski definition) is 8. The lowest BCUT2D eigenvalue weighted by atomic mass is 9.81. The number of nitrogens with one attached hydrogen (secondary N) is 2. The number of nitrogens with zero attached hydrogens (tertiary/aromatic N) is 7. The minimum absolute atomic E-state index is 0.00314. The Kier molecular flexibility index (Phi) is 9.19. The number of carbonyl (C=O) groups is 1. The van der Waals surface area contributed by atoms with E-state index in [9.17, 15) is 10.3 Å². The van der Waals surface area contributed by atoms with Crippen LogP contribution in [0.1, 0.15) is 29.2 Å². The van der Waals surface area contributed by atoms with Gasteiger partial charge in [0.2, 0.25) is 5.90 Å². The maximum atomic E-state index is 13.9. The molecule has 1 aliphatic rings. The zero-order valence-electron chi connectivity index (χ0n) is 21.6. The summed E-state index contributed by atoms with van der Waals surface area (Å²) < 4.78 is 12.0. The number of rotatable bonds is 12. The van der Waals surface area contributed by atoms with E-state index in [4.69, 9.17) is 25.1 Å². The van der Waals surface area contributed by atoms with E-state index in [1.807, 2.05) is 0 Å². The number of hydrogen-bond donors (Lipinski definition) is 3. The largest absolute Gasteiger partial charge is 0.494 e. The number of hydrazine groups is 1. The summed E-state index contributed by atoms with van der Waals surface area (Å²) in [6.45, 7) is 0.393. The molecular weight excluding hydrogens is 514 g/mol. The highest BCUT2D eigenvalue weighted by Gasteiger charge is 2.54. The summed E-state index contributed by atoms with van der Waals surface area (Å²) in [5.41, 5.74) is 24.3. The van der Waals surface area contributed by atoms with E-state index in [-0.39, 0.29) is 24.6 Å². The molecule has 3 aromatic carbocycles. The van der Waals surface area contributed by atoms with Gasteiger partial charge in [-0.3, -0.25) is 10.2 Å². The van der Waals surface area contributed by atoms with Crippen LogP contribution >= 0.6 is 0 Å². The van der Waals surface area contributed by atoms with Crippen LogP contribution in [0.5, 0.6) is 5.75 Å². The molecular formula is C27H27N9O4. The molecule has 0 unspecified atom stereocenters. The van der Waals surface area contributed by atoms with E-state index in [1.54, 1.807) is 79.8 Å². The molecule has 3 N–H and O–H groups in total. The van der Waals surface area contributed by atoms with Crippen molar-refractivity contribution in [2.24, 2.45) is 15.2 Å². The van der Waals surface area contributed by atoms with Crippen molar-refractivity contribution in [2.75, 3.05) is 20.3 Å². The summed E-state index contributed by atoms with van der Waals surface area (Å²) in [5, 5.41) is 16.6. The molecule has 0 aromatic heterocycles. The van der Waals surface area contributed by atoms with Gasteiger partial charge in [-0.15, -0.1) is 0 Å². The number of amides is 1. The summed E-state index contributed by atoms with van der Waals surface area (Å²) >= 11 is 0. The number of aliphatic hydroxyl groups excluding tert-OH is 1. The van der Waals surface area contributed by atoms with Gasteiger partial charge in [0.05, 0.1) is 6.61 Å². The van der Waals surface area contributed by atoms with E-state index < -0.39 is 17.6 Å². The summed E-state index contributed by atoms with van der Waals surface area (Å²) in [6.07, 6.45) is -0.515. The highest BCUT2D eigenvalue weighted by atomic mass is 16.5. The fraction of sp³-hybridized carbons (Fsp3) is 0.259. The number of azide groups is 2. The van der Waals surface area contributed by atoms with Gasteiger partial charge in [0.25, 0.3) is 5.91 Å². The smallest absolute Gasteiger partial charge is 0.266 e. The van der Waals surface area contributed by atoms with Gasteiger partial charge in [-0.1, -0.05) is 58.8 Å². The Bertz CT molecular complexity index is 1480. The van der Waals surface area contributed by atoms with Gasteiger partial charge < -0.3 is 14.6 Å². The summed E-state index contributed by atoms with van der Waals surface area (Å²) in [4.78, 5) is 24.6. The van der Waals surface area contributed by atoms with Crippen molar-refractivity contribution in [1.29, 1.82) is 0 Å². The van der Waals surface area contributed by atoms with Crippen LogP contribution in [0.25, 0.3) is 20.9 Å². The Balaban J connectivity index is 1.87. The van der Waals surface area contributed by atoms with Crippen molar-refractivity contribution < 1.29 is 19.4 Å². The van der Waals surface area contributed by atoms with Gasteiger partial charge in [-0.2, -0.15) is 0 Å². The molecule has 0 radical (unpaired) electrons. The topological polar surface area (TPSA) is 190 Å². The first-order valence-electron chi connectivity index (χ1n) is 12.4. The first-order valence-corrected chi connectivity index (χ1v) is 12.4. The number of benzene rings is 3. The maximum Gasteiger partial charge on any atom is 0.266 e. The normalized spacial score (nSPS) is 17.6. The van der Waals surface area contributed by atoms with Crippen molar-refractivity contribution in [2.45, 2.75) is 24.5 Å². The monoisotopic (exact) mass is 541 g/mol. The fourth-order valence-electron chi connectivity index (χ4n) is 4.43. The van der Waals surface area contributed by atoms with Gasteiger partial charge in [0.1, 0.15) is 5.75 Å². The van der Waals surface area contributed by atoms with Crippen molar-refractivity contribution in [3.8, 4) is 5.75 Å². The van der Waals surface area contributed by atoms with E-state index in [0.717, 1.165) is 0 Å². The van der Waals surface area contributed by atoms with Crippen LogP contribution in [0.2, 0.25) is 0 Å². The first-order chi connectivity index (χ1) is 19.6. The zero-order chi connectivity index (χ0) is 28.4. The molecule has 0 spiro atoms. The highest BCUT2D eigenvalue weighted by molar-refractivity contribution is 6.01. The molecule has 204 valence electrons. The molecule has 1 aliphatic heterocycles. The summed E-state index contributed by atoms with van der Waals surface area (Å²) in [5.74, 6) is 0.282. The molecule has 0 fully saturated rings. The molecule has 0 saturated carbocycles. The Morgan fingerprint density at radius 3 is 2.42 bits per heavy atom. The van der Waals surface area contributed by atoms with Crippen molar-refractivity contribution in [3.63, 3.8) is 0 Å². The van der Waals surface area contributed by atoms with Crippen LogP contribution in [-0.2, 0) is 16.0 Å². The van der Waals surface area contributed by atoms with Crippen molar-refractivity contribution in [1.82, 2.24) is 10.9 Å². The van der Waals surface area contributed by atoms with Gasteiger partial charge in [0, 0.05) is 58.8 Å². The van der Waals surface area contributed by atoms with Crippen LogP contribution in [0.3, 0.4) is 0 Å². The number of carbonyl (C=O) groups excluding carboxylic acids is 1. The van der Waals surface area contributed by atoms with Crippen LogP contribution in [0.15, 0.2) is 88.0 Å². The minimum Gasteiger partial charge on any atom is -0.494 e. The molecule has 0 bridgehead atoms. The second kappa shape index (κ2) is 13.1. The number of aliphatic hydroxyl groups is 1. The van der Waals surface area contributed by atoms with Crippen molar-refractivity contribution >= 4 is 23.2 Å². The standard InChI is InChI=1S/C27H27N9O4/c1-30-34-26(38)27(17-19-7-2-4-9-22(19)32-35-28)24(21-8-3-5-10-23(21)33-36-29)40-25(31-27)18-11-13-20(14-12-18)39-16-6-15-37/h2-5,7-14,24,30,37H,6,15-17H2,1H3,(H,34,38)/t24-,27-/m0/s1.